The van der Waals surface area contributed by atoms with Crippen LogP contribution in [0.25, 0.3) is 28.1 Å². The number of benzene rings is 2. The van der Waals surface area contributed by atoms with Gasteiger partial charge in [-0.25, -0.2) is 9.67 Å². The Labute approximate surface area is 189 Å². The Balaban J connectivity index is 1.59. The van der Waals surface area contributed by atoms with Gasteiger partial charge in [0.25, 0.3) is 5.91 Å². The number of nitriles is 1. The molecule has 0 saturated carbocycles. The fourth-order valence-corrected chi connectivity index (χ4v) is 3.50. The highest BCUT2D eigenvalue weighted by Crippen LogP contribution is 2.26. The van der Waals surface area contributed by atoms with E-state index in [0.717, 1.165) is 22.3 Å². The Morgan fingerprint density at radius 2 is 1.79 bits per heavy atom. The summed E-state index contributed by atoms with van der Waals surface area (Å²) in [7, 11) is 0. The lowest BCUT2D eigenvalue weighted by Crippen LogP contribution is -2.13. The first kappa shape index (κ1) is 20.0. The van der Waals surface area contributed by atoms with E-state index in [4.69, 9.17) is 5.26 Å². The smallest absolute Gasteiger partial charge is 0.276 e. The van der Waals surface area contributed by atoms with Gasteiger partial charge in [0, 0.05) is 29.3 Å². The second kappa shape index (κ2) is 8.32. The number of hydrogen-bond donors (Lipinski definition) is 1. The summed E-state index contributed by atoms with van der Waals surface area (Å²) in [5, 5.41) is 16.5. The molecule has 0 aliphatic rings. The van der Waals surface area contributed by atoms with Crippen molar-refractivity contribution in [3.8, 4) is 23.1 Å². The molecule has 5 aromatic rings. The van der Waals surface area contributed by atoms with Crippen molar-refractivity contribution < 1.29 is 4.79 Å². The lowest BCUT2D eigenvalue weighted by molar-refractivity contribution is 0.102. The maximum absolute atomic E-state index is 13.0. The minimum absolute atomic E-state index is 0.218. The molecule has 0 fully saturated rings. The highest BCUT2D eigenvalue weighted by Gasteiger charge is 2.18. The van der Waals surface area contributed by atoms with Crippen molar-refractivity contribution in [1.82, 2.24) is 24.7 Å². The van der Waals surface area contributed by atoms with Crippen molar-refractivity contribution in [2.24, 2.45) is 0 Å². The molecule has 158 valence electrons. The topological polar surface area (TPSA) is 109 Å². The molecule has 0 unspecified atom stereocenters. The van der Waals surface area contributed by atoms with E-state index in [1.54, 1.807) is 47.4 Å². The molecular formula is C25H17N7O. The van der Waals surface area contributed by atoms with Crippen LogP contribution in [0.2, 0.25) is 0 Å². The third-order valence-electron chi connectivity index (χ3n) is 5.05. The lowest BCUT2D eigenvalue weighted by atomic mass is 10.1. The van der Waals surface area contributed by atoms with Crippen LogP contribution < -0.4 is 5.32 Å². The van der Waals surface area contributed by atoms with E-state index in [9.17, 15) is 4.79 Å². The molecule has 0 radical (unpaired) electrons. The highest BCUT2D eigenvalue weighted by molar-refractivity contribution is 6.03. The van der Waals surface area contributed by atoms with Crippen LogP contribution in [0.4, 0.5) is 5.69 Å². The van der Waals surface area contributed by atoms with Gasteiger partial charge in [0.2, 0.25) is 0 Å². The number of amides is 1. The average Bonchev–Trinajstić information content (AvgIpc) is 3.30. The first-order valence-corrected chi connectivity index (χ1v) is 10.2. The predicted molar refractivity (Wildman–Crippen MR) is 124 cm³/mol. The van der Waals surface area contributed by atoms with Gasteiger partial charge in [0.1, 0.15) is 0 Å². The minimum Gasteiger partial charge on any atom is -0.321 e. The Morgan fingerprint density at radius 1 is 0.970 bits per heavy atom. The summed E-state index contributed by atoms with van der Waals surface area (Å²) < 4.78 is 1.64. The van der Waals surface area contributed by atoms with Crippen LogP contribution in [0.1, 0.15) is 21.7 Å². The van der Waals surface area contributed by atoms with Crippen molar-refractivity contribution in [1.29, 1.82) is 5.26 Å². The van der Waals surface area contributed by atoms with E-state index >= 15 is 0 Å². The molecule has 3 heterocycles. The zero-order chi connectivity index (χ0) is 22.8. The molecule has 2 aromatic carbocycles. The van der Waals surface area contributed by atoms with Crippen LogP contribution in [0.15, 0.2) is 79.1 Å². The number of aryl methyl sites for hydroxylation is 1. The third kappa shape index (κ3) is 4.03. The summed E-state index contributed by atoms with van der Waals surface area (Å²) in [6.45, 7) is 1.90. The van der Waals surface area contributed by atoms with Gasteiger partial charge in [-0.15, -0.1) is 0 Å². The number of hydrogen-bond acceptors (Lipinski definition) is 6. The molecule has 33 heavy (non-hydrogen) atoms. The quantitative estimate of drug-likeness (QED) is 0.454. The van der Waals surface area contributed by atoms with Crippen LogP contribution >= 0.6 is 0 Å². The molecule has 5 rings (SSSR count). The van der Waals surface area contributed by atoms with E-state index in [0.29, 0.717) is 22.8 Å². The summed E-state index contributed by atoms with van der Waals surface area (Å²) in [6.07, 6.45) is 3.28. The van der Waals surface area contributed by atoms with Crippen molar-refractivity contribution >= 4 is 22.6 Å². The van der Waals surface area contributed by atoms with E-state index in [1.807, 2.05) is 43.3 Å². The number of nitrogens with zero attached hydrogens (tertiary/aromatic N) is 6. The Morgan fingerprint density at radius 3 is 2.61 bits per heavy atom. The van der Waals surface area contributed by atoms with E-state index < -0.39 is 5.91 Å². The maximum atomic E-state index is 13.0. The van der Waals surface area contributed by atoms with Gasteiger partial charge in [-0.05, 0) is 55.5 Å². The molecule has 0 atom stereocenters. The van der Waals surface area contributed by atoms with Crippen LogP contribution in [-0.2, 0) is 0 Å². The van der Waals surface area contributed by atoms with Crippen LogP contribution in [0.3, 0.4) is 0 Å². The molecule has 3 aromatic heterocycles. The second-order valence-corrected chi connectivity index (χ2v) is 7.37. The standard InChI is InChI=1S/C25H17N7O/c1-16-4-2-7-24(29-16)32-23(18-8-9-20-21(13-18)28-11-10-27-20)14-22(31-32)25(33)30-19-6-3-5-17(12-19)15-26/h2-14H,1H3,(H,30,33). The summed E-state index contributed by atoms with van der Waals surface area (Å²) in [5.41, 5.74) is 5.05. The van der Waals surface area contributed by atoms with Gasteiger partial charge < -0.3 is 5.32 Å². The van der Waals surface area contributed by atoms with E-state index in [2.05, 4.69) is 31.4 Å². The van der Waals surface area contributed by atoms with Crippen molar-refractivity contribution in [2.75, 3.05) is 5.32 Å². The van der Waals surface area contributed by atoms with Crippen LogP contribution in [0, 0.1) is 18.3 Å². The molecule has 0 aliphatic heterocycles. The first-order chi connectivity index (χ1) is 16.1. The van der Waals surface area contributed by atoms with E-state index in [1.165, 1.54) is 0 Å². The Kier molecular flexibility index (Phi) is 5.05. The molecule has 0 aliphatic carbocycles. The number of carbonyl (C=O) groups is 1. The molecule has 0 bridgehead atoms. The minimum atomic E-state index is -0.390. The number of rotatable bonds is 4. The molecule has 8 heteroatoms. The SMILES string of the molecule is Cc1cccc(-n2nc(C(=O)Nc3cccc(C#N)c3)cc2-c2ccc3nccnc3c2)n1. The molecule has 1 N–H and O–H groups in total. The second-order valence-electron chi connectivity index (χ2n) is 7.37. The van der Waals surface area contributed by atoms with Crippen molar-refractivity contribution in [3.05, 3.63) is 96.1 Å². The molecule has 8 nitrogen and oxygen atoms in total. The van der Waals surface area contributed by atoms with Gasteiger partial charge in [-0.3, -0.25) is 14.8 Å². The van der Waals surface area contributed by atoms with Gasteiger partial charge in [-0.1, -0.05) is 18.2 Å². The summed E-state index contributed by atoms with van der Waals surface area (Å²) in [4.78, 5) is 26.3. The first-order valence-electron chi connectivity index (χ1n) is 10.2. The largest absolute Gasteiger partial charge is 0.321 e. The highest BCUT2D eigenvalue weighted by atomic mass is 16.2. The lowest BCUT2D eigenvalue weighted by Gasteiger charge is -2.08. The van der Waals surface area contributed by atoms with Crippen LogP contribution in [-0.4, -0.2) is 30.6 Å². The zero-order valence-corrected chi connectivity index (χ0v) is 17.6. The Hall–Kier alpha value is -4.90. The number of fused-ring (bicyclic) bond motifs is 1. The predicted octanol–water partition coefficient (Wildman–Crippen LogP) is 4.31. The summed E-state index contributed by atoms with van der Waals surface area (Å²) >= 11 is 0. The van der Waals surface area contributed by atoms with Gasteiger partial charge >= 0.3 is 0 Å². The summed E-state index contributed by atoms with van der Waals surface area (Å²) in [5.74, 6) is 0.202. The fourth-order valence-electron chi connectivity index (χ4n) is 3.50. The van der Waals surface area contributed by atoms with Crippen molar-refractivity contribution in [3.63, 3.8) is 0 Å². The van der Waals surface area contributed by atoms with Crippen LogP contribution in [0.5, 0.6) is 0 Å². The number of pyridine rings is 1. The number of aromatic nitrogens is 5. The third-order valence-corrected chi connectivity index (χ3v) is 5.05. The van der Waals surface area contributed by atoms with Gasteiger partial charge in [0.15, 0.2) is 11.5 Å². The monoisotopic (exact) mass is 431 g/mol. The molecule has 1 amide bonds. The molecule has 0 spiro atoms. The maximum Gasteiger partial charge on any atom is 0.276 e. The Bertz CT molecular complexity index is 1550. The van der Waals surface area contributed by atoms with E-state index in [-0.39, 0.29) is 5.69 Å². The zero-order valence-electron chi connectivity index (χ0n) is 17.6. The van der Waals surface area contributed by atoms with Gasteiger partial charge in [-0.2, -0.15) is 10.4 Å². The summed E-state index contributed by atoms with van der Waals surface area (Å²) in [6, 6.07) is 21.8. The number of nitrogens with one attached hydrogen (secondary N) is 1. The normalized spacial score (nSPS) is 10.7. The molecular weight excluding hydrogens is 414 g/mol. The van der Waals surface area contributed by atoms with Crippen molar-refractivity contribution in [2.45, 2.75) is 6.92 Å². The average molecular weight is 431 g/mol. The fraction of sp³-hybridized carbons (Fsp3) is 0.0400. The number of anilines is 1. The van der Waals surface area contributed by atoms with Gasteiger partial charge in [0.05, 0.1) is 28.4 Å². The number of carbonyl (C=O) groups excluding carboxylic acids is 1. The molecule has 0 saturated heterocycles.